The molecule has 4 rings (SSSR count). The molecule has 1 atom stereocenters. The molecule has 27 heavy (non-hydrogen) atoms. The Morgan fingerprint density at radius 1 is 1.26 bits per heavy atom. The standard InChI is InChI=1S/C21H22N4OS/c1-25-11-9-14-7-8-15(13-19(14)25)21(26)24-18(10-12-27-2)20-22-16-5-3-4-6-17(16)23-20/h3-9,11,13,18H,10,12H2,1-2H3,(H,22,23)(H,24,26)/t18-/m0/s1. The fourth-order valence-corrected chi connectivity index (χ4v) is 3.77. The summed E-state index contributed by atoms with van der Waals surface area (Å²) in [7, 11) is 1.99. The minimum absolute atomic E-state index is 0.0790. The van der Waals surface area contributed by atoms with Crippen molar-refractivity contribution in [1.82, 2.24) is 19.9 Å². The van der Waals surface area contributed by atoms with Crippen LogP contribution in [-0.4, -0.2) is 32.5 Å². The molecule has 0 saturated heterocycles. The van der Waals surface area contributed by atoms with E-state index in [9.17, 15) is 4.79 Å². The van der Waals surface area contributed by atoms with Crippen LogP contribution in [0.4, 0.5) is 0 Å². The first-order valence-electron chi connectivity index (χ1n) is 8.95. The average Bonchev–Trinajstić information content (AvgIpc) is 3.28. The molecule has 2 aromatic carbocycles. The second-order valence-electron chi connectivity index (χ2n) is 6.65. The van der Waals surface area contributed by atoms with Gasteiger partial charge < -0.3 is 14.9 Å². The van der Waals surface area contributed by atoms with Gasteiger partial charge in [-0.3, -0.25) is 4.79 Å². The van der Waals surface area contributed by atoms with E-state index in [1.807, 2.05) is 66.3 Å². The van der Waals surface area contributed by atoms with E-state index < -0.39 is 0 Å². The van der Waals surface area contributed by atoms with E-state index >= 15 is 0 Å². The Hall–Kier alpha value is -2.73. The third kappa shape index (κ3) is 3.57. The van der Waals surface area contributed by atoms with Crippen molar-refractivity contribution < 1.29 is 4.79 Å². The molecule has 2 N–H and O–H groups in total. The van der Waals surface area contributed by atoms with Crippen LogP contribution in [-0.2, 0) is 7.05 Å². The molecule has 0 aliphatic carbocycles. The Morgan fingerprint density at radius 2 is 2.11 bits per heavy atom. The molecule has 138 valence electrons. The highest BCUT2D eigenvalue weighted by molar-refractivity contribution is 7.98. The molecular weight excluding hydrogens is 356 g/mol. The van der Waals surface area contributed by atoms with Gasteiger partial charge in [-0.2, -0.15) is 11.8 Å². The van der Waals surface area contributed by atoms with Gasteiger partial charge in [-0.1, -0.05) is 18.2 Å². The van der Waals surface area contributed by atoms with E-state index in [-0.39, 0.29) is 11.9 Å². The zero-order valence-corrected chi connectivity index (χ0v) is 16.2. The van der Waals surface area contributed by atoms with Crippen molar-refractivity contribution >= 4 is 39.6 Å². The number of carbonyl (C=O) groups excluding carboxylic acids is 1. The van der Waals surface area contributed by atoms with Crippen molar-refractivity contribution in [3.8, 4) is 0 Å². The summed E-state index contributed by atoms with van der Waals surface area (Å²) in [5, 5.41) is 4.30. The van der Waals surface area contributed by atoms with E-state index in [0.717, 1.165) is 39.9 Å². The van der Waals surface area contributed by atoms with E-state index in [1.165, 1.54) is 0 Å². The number of rotatable bonds is 6. The number of carbonyl (C=O) groups is 1. The lowest BCUT2D eigenvalue weighted by molar-refractivity contribution is 0.0934. The monoisotopic (exact) mass is 378 g/mol. The van der Waals surface area contributed by atoms with Gasteiger partial charge >= 0.3 is 0 Å². The highest BCUT2D eigenvalue weighted by atomic mass is 32.2. The first kappa shape index (κ1) is 17.7. The molecule has 2 aromatic heterocycles. The van der Waals surface area contributed by atoms with E-state index in [4.69, 9.17) is 0 Å². The van der Waals surface area contributed by atoms with Gasteiger partial charge in [0.25, 0.3) is 5.91 Å². The number of thioether (sulfide) groups is 1. The second-order valence-corrected chi connectivity index (χ2v) is 7.63. The molecule has 0 bridgehead atoms. The van der Waals surface area contributed by atoms with E-state index in [1.54, 1.807) is 11.8 Å². The number of H-pyrrole nitrogens is 1. The highest BCUT2D eigenvalue weighted by Crippen LogP contribution is 2.22. The number of amides is 1. The molecule has 6 heteroatoms. The van der Waals surface area contributed by atoms with Gasteiger partial charge in [-0.15, -0.1) is 0 Å². The van der Waals surface area contributed by atoms with Crippen LogP contribution in [0.15, 0.2) is 54.7 Å². The van der Waals surface area contributed by atoms with Crippen molar-refractivity contribution in [1.29, 1.82) is 0 Å². The molecule has 0 radical (unpaired) electrons. The quantitative estimate of drug-likeness (QED) is 0.526. The van der Waals surface area contributed by atoms with Gasteiger partial charge in [0.15, 0.2) is 0 Å². The number of fused-ring (bicyclic) bond motifs is 2. The van der Waals surface area contributed by atoms with Crippen LogP contribution in [0.5, 0.6) is 0 Å². The van der Waals surface area contributed by atoms with E-state index in [0.29, 0.717) is 5.56 Å². The molecule has 1 amide bonds. The molecule has 2 heterocycles. The van der Waals surface area contributed by atoms with Crippen LogP contribution in [0, 0.1) is 0 Å². The Bertz CT molecular complexity index is 1060. The van der Waals surface area contributed by atoms with Crippen molar-refractivity contribution in [2.24, 2.45) is 7.05 Å². The number of nitrogens with zero attached hydrogens (tertiary/aromatic N) is 2. The Balaban J connectivity index is 1.61. The Labute approximate surface area is 162 Å². The predicted octanol–water partition coefficient (Wildman–Crippen LogP) is 4.28. The van der Waals surface area contributed by atoms with Gasteiger partial charge in [0.05, 0.1) is 17.1 Å². The molecule has 0 fully saturated rings. The summed E-state index contributed by atoms with van der Waals surface area (Å²) in [5.41, 5.74) is 3.61. The molecular formula is C21H22N4OS. The number of hydrogen-bond acceptors (Lipinski definition) is 3. The smallest absolute Gasteiger partial charge is 0.251 e. The van der Waals surface area contributed by atoms with Gasteiger partial charge in [-0.05, 0) is 54.1 Å². The number of aromatic nitrogens is 3. The Kier molecular flexibility index (Phi) is 4.90. The molecule has 5 nitrogen and oxygen atoms in total. The van der Waals surface area contributed by atoms with Crippen molar-refractivity contribution in [3.63, 3.8) is 0 Å². The second kappa shape index (κ2) is 7.48. The zero-order chi connectivity index (χ0) is 18.8. The maximum absolute atomic E-state index is 12.9. The average molecular weight is 379 g/mol. The van der Waals surface area contributed by atoms with Crippen LogP contribution >= 0.6 is 11.8 Å². The van der Waals surface area contributed by atoms with Crippen molar-refractivity contribution in [3.05, 3.63) is 66.1 Å². The minimum Gasteiger partial charge on any atom is -0.351 e. The molecule has 0 aliphatic rings. The van der Waals surface area contributed by atoms with Crippen LogP contribution in [0.3, 0.4) is 0 Å². The summed E-state index contributed by atoms with van der Waals surface area (Å²) in [6, 6.07) is 15.6. The van der Waals surface area contributed by atoms with Crippen LogP contribution in [0.2, 0.25) is 0 Å². The third-order valence-corrected chi connectivity index (χ3v) is 5.45. The number of benzene rings is 2. The largest absolute Gasteiger partial charge is 0.351 e. The van der Waals surface area contributed by atoms with Gasteiger partial charge in [0.1, 0.15) is 5.82 Å². The number of para-hydroxylation sites is 2. The first-order valence-corrected chi connectivity index (χ1v) is 10.3. The van der Waals surface area contributed by atoms with Crippen molar-refractivity contribution in [2.75, 3.05) is 12.0 Å². The van der Waals surface area contributed by atoms with E-state index in [2.05, 4.69) is 21.5 Å². The number of nitrogens with one attached hydrogen (secondary N) is 2. The summed E-state index contributed by atoms with van der Waals surface area (Å²) >= 11 is 1.76. The summed E-state index contributed by atoms with van der Waals surface area (Å²) in [6.45, 7) is 0. The summed E-state index contributed by atoms with van der Waals surface area (Å²) < 4.78 is 2.02. The maximum Gasteiger partial charge on any atom is 0.251 e. The fourth-order valence-electron chi connectivity index (χ4n) is 3.30. The molecule has 0 unspecified atom stereocenters. The lowest BCUT2D eigenvalue weighted by Crippen LogP contribution is -2.29. The van der Waals surface area contributed by atoms with Crippen LogP contribution in [0.1, 0.15) is 28.6 Å². The predicted molar refractivity (Wildman–Crippen MR) is 112 cm³/mol. The van der Waals surface area contributed by atoms with Crippen molar-refractivity contribution in [2.45, 2.75) is 12.5 Å². The number of hydrogen-bond donors (Lipinski definition) is 2. The van der Waals surface area contributed by atoms with Gasteiger partial charge in [-0.25, -0.2) is 4.98 Å². The summed E-state index contributed by atoms with van der Waals surface area (Å²) in [6.07, 6.45) is 4.89. The van der Waals surface area contributed by atoms with Crippen LogP contribution < -0.4 is 5.32 Å². The molecule has 0 aliphatic heterocycles. The topological polar surface area (TPSA) is 62.7 Å². The molecule has 0 saturated carbocycles. The first-order chi connectivity index (χ1) is 13.2. The van der Waals surface area contributed by atoms with Crippen LogP contribution in [0.25, 0.3) is 21.9 Å². The summed E-state index contributed by atoms with van der Waals surface area (Å²) in [5.74, 6) is 1.67. The third-order valence-electron chi connectivity index (χ3n) is 4.80. The molecule has 0 spiro atoms. The number of aryl methyl sites for hydroxylation is 1. The SMILES string of the molecule is CSCC[C@H](NC(=O)c1ccc2ccn(C)c2c1)c1nc2ccccc2[nH]1. The number of aromatic amines is 1. The maximum atomic E-state index is 12.9. The lowest BCUT2D eigenvalue weighted by Gasteiger charge is -2.16. The zero-order valence-electron chi connectivity index (χ0n) is 15.4. The summed E-state index contributed by atoms with van der Waals surface area (Å²) in [4.78, 5) is 21.0. The highest BCUT2D eigenvalue weighted by Gasteiger charge is 2.19. The lowest BCUT2D eigenvalue weighted by atomic mass is 10.1. The fraction of sp³-hybridized carbons (Fsp3) is 0.238. The van der Waals surface area contributed by atoms with Gasteiger partial charge in [0, 0.05) is 24.3 Å². The Morgan fingerprint density at radius 3 is 2.93 bits per heavy atom. The number of imidazole rings is 1. The van der Waals surface area contributed by atoms with Gasteiger partial charge in [0.2, 0.25) is 0 Å². The minimum atomic E-state index is -0.151. The normalized spacial score (nSPS) is 12.5. The molecule has 4 aromatic rings.